The van der Waals surface area contributed by atoms with Crippen LogP contribution in [0.2, 0.25) is 0 Å². The number of rotatable bonds is 1. The van der Waals surface area contributed by atoms with Gasteiger partial charge in [0.2, 0.25) is 0 Å². The van der Waals surface area contributed by atoms with Crippen molar-refractivity contribution in [2.45, 2.75) is 44.1 Å². The zero-order chi connectivity index (χ0) is 8.84. The standard InChI is InChI=1S/C10H14N2O/c11-7-2-1-3-8-9(7)10(12-13-8)6-4-5-6/h6-7H,1-5,11H2. The van der Waals surface area contributed by atoms with Gasteiger partial charge in [-0.05, 0) is 25.7 Å². The van der Waals surface area contributed by atoms with Crippen molar-refractivity contribution in [2.75, 3.05) is 0 Å². The van der Waals surface area contributed by atoms with Crippen molar-refractivity contribution < 1.29 is 4.52 Å². The molecule has 1 atom stereocenters. The largest absolute Gasteiger partial charge is 0.361 e. The van der Waals surface area contributed by atoms with Crippen molar-refractivity contribution in [3.05, 3.63) is 17.0 Å². The summed E-state index contributed by atoms with van der Waals surface area (Å²) in [6.45, 7) is 0. The van der Waals surface area contributed by atoms with E-state index in [4.69, 9.17) is 10.3 Å². The lowest BCUT2D eigenvalue weighted by molar-refractivity contribution is 0.362. The molecule has 3 heteroatoms. The molecule has 1 fully saturated rings. The molecule has 13 heavy (non-hydrogen) atoms. The smallest absolute Gasteiger partial charge is 0.141 e. The van der Waals surface area contributed by atoms with Crippen LogP contribution in [0.15, 0.2) is 4.52 Å². The lowest BCUT2D eigenvalue weighted by Gasteiger charge is -2.17. The van der Waals surface area contributed by atoms with Crippen LogP contribution in [-0.2, 0) is 6.42 Å². The highest BCUT2D eigenvalue weighted by molar-refractivity contribution is 5.33. The van der Waals surface area contributed by atoms with Gasteiger partial charge in [0.15, 0.2) is 0 Å². The van der Waals surface area contributed by atoms with Crippen molar-refractivity contribution in [2.24, 2.45) is 5.73 Å². The monoisotopic (exact) mass is 178 g/mol. The lowest BCUT2D eigenvalue weighted by atomic mass is 9.91. The molecule has 2 N–H and O–H groups in total. The lowest BCUT2D eigenvalue weighted by Crippen LogP contribution is -2.17. The van der Waals surface area contributed by atoms with Crippen LogP contribution in [0.5, 0.6) is 0 Å². The summed E-state index contributed by atoms with van der Waals surface area (Å²) in [6, 6.07) is 0.186. The Morgan fingerprint density at radius 1 is 1.31 bits per heavy atom. The first-order valence-electron chi connectivity index (χ1n) is 5.10. The Morgan fingerprint density at radius 3 is 2.92 bits per heavy atom. The molecule has 1 aromatic rings. The van der Waals surface area contributed by atoms with E-state index in [9.17, 15) is 0 Å². The van der Waals surface area contributed by atoms with Crippen LogP contribution in [0.25, 0.3) is 0 Å². The van der Waals surface area contributed by atoms with E-state index >= 15 is 0 Å². The Balaban J connectivity index is 2.06. The summed E-state index contributed by atoms with van der Waals surface area (Å²) in [6.07, 6.45) is 5.81. The van der Waals surface area contributed by atoms with Crippen LogP contribution >= 0.6 is 0 Å². The number of aryl methyl sites for hydroxylation is 1. The van der Waals surface area contributed by atoms with Gasteiger partial charge in [-0.25, -0.2) is 0 Å². The number of fused-ring (bicyclic) bond motifs is 1. The molecule has 3 rings (SSSR count). The van der Waals surface area contributed by atoms with E-state index in [0.29, 0.717) is 5.92 Å². The molecule has 0 bridgehead atoms. The Morgan fingerprint density at radius 2 is 2.15 bits per heavy atom. The van der Waals surface area contributed by atoms with Gasteiger partial charge in [-0.15, -0.1) is 0 Å². The third-order valence-corrected chi connectivity index (χ3v) is 3.08. The predicted octanol–water partition coefficient (Wildman–Crippen LogP) is 1.89. The van der Waals surface area contributed by atoms with Gasteiger partial charge in [0.1, 0.15) is 5.76 Å². The first-order valence-corrected chi connectivity index (χ1v) is 5.10. The molecule has 1 heterocycles. The molecule has 0 radical (unpaired) electrons. The van der Waals surface area contributed by atoms with Crippen LogP contribution in [0.1, 0.15) is 54.7 Å². The van der Waals surface area contributed by atoms with Gasteiger partial charge in [-0.1, -0.05) is 5.16 Å². The highest BCUT2D eigenvalue weighted by atomic mass is 16.5. The average Bonchev–Trinajstić information content (AvgIpc) is 2.87. The summed E-state index contributed by atoms with van der Waals surface area (Å²) in [5.41, 5.74) is 8.47. The summed E-state index contributed by atoms with van der Waals surface area (Å²) < 4.78 is 5.33. The fraction of sp³-hybridized carbons (Fsp3) is 0.700. The van der Waals surface area contributed by atoms with Crippen molar-refractivity contribution >= 4 is 0 Å². The van der Waals surface area contributed by atoms with E-state index in [0.717, 1.165) is 25.0 Å². The zero-order valence-corrected chi connectivity index (χ0v) is 7.62. The third kappa shape index (κ3) is 1.10. The van der Waals surface area contributed by atoms with Crippen LogP contribution < -0.4 is 5.73 Å². The van der Waals surface area contributed by atoms with Crippen LogP contribution in [-0.4, -0.2) is 5.16 Å². The van der Waals surface area contributed by atoms with Crippen molar-refractivity contribution in [1.29, 1.82) is 0 Å². The summed E-state index contributed by atoms with van der Waals surface area (Å²) in [5.74, 6) is 1.72. The second-order valence-electron chi connectivity index (χ2n) is 4.18. The highest BCUT2D eigenvalue weighted by Gasteiger charge is 2.34. The maximum atomic E-state index is 6.06. The summed E-state index contributed by atoms with van der Waals surface area (Å²) in [5, 5.41) is 4.16. The number of nitrogens with two attached hydrogens (primary N) is 1. The number of nitrogens with zero attached hydrogens (tertiary/aromatic N) is 1. The third-order valence-electron chi connectivity index (χ3n) is 3.08. The molecule has 1 aromatic heterocycles. The minimum atomic E-state index is 0.186. The molecule has 0 amide bonds. The van der Waals surface area contributed by atoms with Gasteiger partial charge in [0.05, 0.1) is 5.69 Å². The molecular formula is C10H14N2O. The van der Waals surface area contributed by atoms with Crippen LogP contribution in [0.4, 0.5) is 0 Å². The molecule has 1 saturated carbocycles. The van der Waals surface area contributed by atoms with Crippen molar-refractivity contribution in [3.63, 3.8) is 0 Å². The molecule has 70 valence electrons. The minimum absolute atomic E-state index is 0.186. The van der Waals surface area contributed by atoms with Gasteiger partial charge in [-0.2, -0.15) is 0 Å². The highest BCUT2D eigenvalue weighted by Crippen LogP contribution is 2.44. The normalized spacial score (nSPS) is 27.3. The molecule has 1 unspecified atom stereocenters. The van der Waals surface area contributed by atoms with Gasteiger partial charge in [0.25, 0.3) is 0 Å². The van der Waals surface area contributed by atoms with E-state index in [2.05, 4.69) is 5.16 Å². The fourth-order valence-corrected chi connectivity index (χ4v) is 2.20. The maximum absolute atomic E-state index is 6.06. The van der Waals surface area contributed by atoms with Crippen molar-refractivity contribution in [3.8, 4) is 0 Å². The minimum Gasteiger partial charge on any atom is -0.361 e. The Labute approximate surface area is 77.3 Å². The summed E-state index contributed by atoms with van der Waals surface area (Å²) in [4.78, 5) is 0. The molecule has 0 aliphatic heterocycles. The van der Waals surface area contributed by atoms with E-state index in [-0.39, 0.29) is 6.04 Å². The second kappa shape index (κ2) is 2.58. The summed E-state index contributed by atoms with van der Waals surface area (Å²) in [7, 11) is 0. The maximum Gasteiger partial charge on any atom is 0.141 e. The van der Waals surface area contributed by atoms with E-state index in [1.165, 1.54) is 24.1 Å². The molecular weight excluding hydrogens is 164 g/mol. The molecule has 3 nitrogen and oxygen atoms in total. The first-order chi connectivity index (χ1) is 6.36. The molecule has 2 aliphatic rings. The predicted molar refractivity (Wildman–Crippen MR) is 48.3 cm³/mol. The molecule has 2 aliphatic carbocycles. The zero-order valence-electron chi connectivity index (χ0n) is 7.62. The van der Waals surface area contributed by atoms with Crippen molar-refractivity contribution in [1.82, 2.24) is 5.16 Å². The Hall–Kier alpha value is -0.830. The van der Waals surface area contributed by atoms with E-state index in [1.54, 1.807) is 0 Å². The average molecular weight is 178 g/mol. The second-order valence-corrected chi connectivity index (χ2v) is 4.18. The quantitative estimate of drug-likeness (QED) is 0.714. The van der Waals surface area contributed by atoms with Crippen LogP contribution in [0.3, 0.4) is 0 Å². The van der Waals surface area contributed by atoms with E-state index < -0.39 is 0 Å². The van der Waals surface area contributed by atoms with Gasteiger partial charge in [0, 0.05) is 23.9 Å². The Kier molecular flexibility index (Phi) is 1.50. The number of aromatic nitrogens is 1. The fourth-order valence-electron chi connectivity index (χ4n) is 2.20. The van der Waals surface area contributed by atoms with Crippen LogP contribution in [0, 0.1) is 0 Å². The number of hydrogen-bond donors (Lipinski definition) is 1. The first kappa shape index (κ1) is 7.56. The SMILES string of the molecule is NC1CCCc2onc(C3CC3)c21. The van der Waals surface area contributed by atoms with E-state index in [1.807, 2.05) is 0 Å². The topological polar surface area (TPSA) is 52.0 Å². The molecule has 0 saturated heterocycles. The number of hydrogen-bond acceptors (Lipinski definition) is 3. The van der Waals surface area contributed by atoms with Gasteiger partial charge in [-0.3, -0.25) is 0 Å². The van der Waals surface area contributed by atoms with Gasteiger partial charge < -0.3 is 10.3 Å². The molecule has 0 aromatic carbocycles. The molecule has 0 spiro atoms. The summed E-state index contributed by atoms with van der Waals surface area (Å²) >= 11 is 0. The Bertz CT molecular complexity index is 328. The van der Waals surface area contributed by atoms with Gasteiger partial charge >= 0.3 is 0 Å².